The second-order valence-electron chi connectivity index (χ2n) is 3.87. The van der Waals surface area contributed by atoms with Crippen LogP contribution in [0.2, 0.25) is 0 Å². The third kappa shape index (κ3) is 2.40. The van der Waals surface area contributed by atoms with Crippen molar-refractivity contribution in [3.8, 4) is 0 Å². The van der Waals surface area contributed by atoms with Crippen molar-refractivity contribution in [1.82, 2.24) is 15.1 Å². The Balaban J connectivity index is 2.31. The first-order valence-electron chi connectivity index (χ1n) is 5.58. The molecule has 0 bridgehead atoms. The molecule has 96 valence electrons. The monoisotopic (exact) mass is 250 g/mol. The van der Waals surface area contributed by atoms with Crippen molar-refractivity contribution >= 4 is 5.88 Å². The van der Waals surface area contributed by atoms with E-state index in [0.29, 0.717) is 12.3 Å². The average molecular weight is 250 g/mol. The van der Waals surface area contributed by atoms with Crippen LogP contribution in [0.4, 0.5) is 5.88 Å². The molecule has 0 aliphatic heterocycles. The number of nitro groups is 1. The normalized spacial score (nSPS) is 12.6. The summed E-state index contributed by atoms with van der Waals surface area (Å²) in [6.07, 6.45) is 3.56. The summed E-state index contributed by atoms with van der Waals surface area (Å²) in [5.74, 6) is 0.258. The Morgan fingerprint density at radius 1 is 1.61 bits per heavy atom. The van der Waals surface area contributed by atoms with Crippen molar-refractivity contribution < 1.29 is 9.34 Å². The molecule has 0 saturated carbocycles. The minimum Gasteiger partial charge on any atom is -0.404 e. The van der Waals surface area contributed by atoms with E-state index in [1.165, 1.54) is 6.07 Å². The number of hydrogen-bond donors (Lipinski definition) is 1. The smallest absolute Gasteiger partial charge is 0.404 e. The van der Waals surface area contributed by atoms with E-state index >= 15 is 0 Å². The zero-order chi connectivity index (χ0) is 13.1. The van der Waals surface area contributed by atoms with Crippen LogP contribution in [-0.2, 0) is 7.05 Å². The molecule has 1 N–H and O–H groups in total. The summed E-state index contributed by atoms with van der Waals surface area (Å²) in [5, 5.41) is 17.9. The van der Waals surface area contributed by atoms with Gasteiger partial charge in [-0.25, -0.2) is 0 Å². The molecule has 1 unspecified atom stereocenters. The predicted molar refractivity (Wildman–Crippen MR) is 64.1 cm³/mol. The summed E-state index contributed by atoms with van der Waals surface area (Å²) < 4.78 is 6.90. The number of furan rings is 1. The molecule has 1 atom stereocenters. The molecule has 0 saturated heterocycles. The number of nitrogens with zero attached hydrogens (tertiary/aromatic N) is 3. The van der Waals surface area contributed by atoms with Crippen molar-refractivity contribution in [2.75, 3.05) is 6.54 Å². The first-order valence-corrected chi connectivity index (χ1v) is 5.58. The first kappa shape index (κ1) is 12.3. The molecule has 0 fully saturated rings. The molecule has 2 aromatic heterocycles. The van der Waals surface area contributed by atoms with Gasteiger partial charge in [-0.2, -0.15) is 5.10 Å². The lowest BCUT2D eigenvalue weighted by Gasteiger charge is -2.12. The zero-order valence-electron chi connectivity index (χ0n) is 10.2. The van der Waals surface area contributed by atoms with E-state index in [9.17, 15) is 10.1 Å². The topological polar surface area (TPSA) is 86.1 Å². The van der Waals surface area contributed by atoms with E-state index in [-0.39, 0.29) is 11.9 Å². The standard InChI is InChI=1S/C11H14N4O3/c1-3-12-11(8-6-13-14(2)7-8)9-4-5-10(18-9)15(16)17/h4-7,11-12H,3H2,1-2H3. The van der Waals surface area contributed by atoms with Gasteiger partial charge < -0.3 is 9.73 Å². The lowest BCUT2D eigenvalue weighted by molar-refractivity contribution is -0.402. The Kier molecular flexibility index (Phi) is 3.42. The van der Waals surface area contributed by atoms with Crippen LogP contribution >= 0.6 is 0 Å². The Morgan fingerprint density at radius 2 is 2.39 bits per heavy atom. The van der Waals surface area contributed by atoms with Gasteiger partial charge in [0, 0.05) is 18.8 Å². The van der Waals surface area contributed by atoms with Crippen molar-refractivity contribution in [3.05, 3.63) is 46.0 Å². The fourth-order valence-corrected chi connectivity index (χ4v) is 1.77. The molecule has 0 aliphatic rings. The zero-order valence-corrected chi connectivity index (χ0v) is 10.2. The molecule has 0 radical (unpaired) electrons. The Hall–Kier alpha value is -2.15. The van der Waals surface area contributed by atoms with Crippen LogP contribution in [0, 0.1) is 10.1 Å². The van der Waals surface area contributed by atoms with E-state index in [1.54, 1.807) is 16.9 Å². The van der Waals surface area contributed by atoms with E-state index < -0.39 is 4.92 Å². The summed E-state index contributed by atoms with van der Waals surface area (Å²) in [6, 6.07) is 2.74. The van der Waals surface area contributed by atoms with Crippen LogP contribution in [0.1, 0.15) is 24.3 Å². The Morgan fingerprint density at radius 3 is 2.89 bits per heavy atom. The molecule has 0 spiro atoms. The van der Waals surface area contributed by atoms with Crippen molar-refractivity contribution in [1.29, 1.82) is 0 Å². The van der Waals surface area contributed by atoms with Gasteiger partial charge in [-0.15, -0.1) is 0 Å². The summed E-state index contributed by atoms with van der Waals surface area (Å²) in [4.78, 5) is 10.1. The van der Waals surface area contributed by atoms with Crippen molar-refractivity contribution in [3.63, 3.8) is 0 Å². The van der Waals surface area contributed by atoms with Crippen LogP contribution in [0.15, 0.2) is 28.9 Å². The number of aryl methyl sites for hydroxylation is 1. The first-order chi connectivity index (χ1) is 8.61. The van der Waals surface area contributed by atoms with E-state index in [2.05, 4.69) is 10.4 Å². The summed E-state index contributed by atoms with van der Waals surface area (Å²) in [6.45, 7) is 2.68. The third-order valence-corrected chi connectivity index (χ3v) is 2.54. The van der Waals surface area contributed by atoms with Crippen LogP contribution in [0.3, 0.4) is 0 Å². The molecule has 2 rings (SSSR count). The lowest BCUT2D eigenvalue weighted by atomic mass is 10.1. The second-order valence-corrected chi connectivity index (χ2v) is 3.87. The predicted octanol–water partition coefficient (Wildman–Crippen LogP) is 1.62. The highest BCUT2D eigenvalue weighted by Gasteiger charge is 2.21. The molecular formula is C11H14N4O3. The molecule has 0 amide bonds. The highest BCUT2D eigenvalue weighted by molar-refractivity contribution is 5.27. The lowest BCUT2D eigenvalue weighted by Crippen LogP contribution is -2.21. The molecule has 2 heterocycles. The number of aromatic nitrogens is 2. The van der Waals surface area contributed by atoms with E-state index in [4.69, 9.17) is 4.42 Å². The van der Waals surface area contributed by atoms with Crippen molar-refractivity contribution in [2.24, 2.45) is 7.05 Å². The number of hydrogen-bond acceptors (Lipinski definition) is 5. The van der Waals surface area contributed by atoms with E-state index in [0.717, 1.165) is 5.56 Å². The SMILES string of the molecule is CCNC(c1cnn(C)c1)c1ccc([N+](=O)[O-])o1. The maximum Gasteiger partial charge on any atom is 0.433 e. The second kappa shape index (κ2) is 5.01. The van der Waals surface area contributed by atoms with Gasteiger partial charge in [0.2, 0.25) is 0 Å². The van der Waals surface area contributed by atoms with Gasteiger partial charge in [-0.3, -0.25) is 14.8 Å². The molecule has 0 aromatic carbocycles. The molecule has 0 aliphatic carbocycles. The van der Waals surface area contributed by atoms with Gasteiger partial charge in [0.15, 0.2) is 0 Å². The fourth-order valence-electron chi connectivity index (χ4n) is 1.77. The molecular weight excluding hydrogens is 236 g/mol. The summed E-state index contributed by atoms with van der Waals surface area (Å²) in [7, 11) is 1.82. The minimum absolute atomic E-state index is 0.225. The fraction of sp³-hybridized carbons (Fsp3) is 0.364. The van der Waals surface area contributed by atoms with Gasteiger partial charge in [0.1, 0.15) is 10.7 Å². The summed E-state index contributed by atoms with van der Waals surface area (Å²) >= 11 is 0. The number of nitrogens with one attached hydrogen (secondary N) is 1. The van der Waals surface area contributed by atoms with Gasteiger partial charge in [-0.05, 0) is 12.6 Å². The van der Waals surface area contributed by atoms with Gasteiger partial charge in [-0.1, -0.05) is 6.92 Å². The number of rotatable bonds is 5. The summed E-state index contributed by atoms with van der Waals surface area (Å²) in [5.41, 5.74) is 0.906. The molecule has 7 nitrogen and oxygen atoms in total. The largest absolute Gasteiger partial charge is 0.433 e. The quantitative estimate of drug-likeness (QED) is 0.643. The van der Waals surface area contributed by atoms with Crippen LogP contribution in [-0.4, -0.2) is 21.2 Å². The van der Waals surface area contributed by atoms with E-state index in [1.807, 2.05) is 20.2 Å². The maximum absolute atomic E-state index is 10.6. The molecule has 2 aromatic rings. The van der Waals surface area contributed by atoms with Crippen LogP contribution < -0.4 is 5.32 Å². The molecule has 7 heteroatoms. The van der Waals surface area contributed by atoms with Crippen molar-refractivity contribution in [2.45, 2.75) is 13.0 Å². The van der Waals surface area contributed by atoms with Gasteiger partial charge >= 0.3 is 5.88 Å². The maximum atomic E-state index is 10.6. The highest BCUT2D eigenvalue weighted by atomic mass is 16.6. The van der Waals surface area contributed by atoms with Crippen LogP contribution in [0.5, 0.6) is 0 Å². The average Bonchev–Trinajstić information content (AvgIpc) is 2.94. The van der Waals surface area contributed by atoms with Gasteiger partial charge in [0.05, 0.1) is 18.3 Å². The van der Waals surface area contributed by atoms with Crippen LogP contribution in [0.25, 0.3) is 0 Å². The minimum atomic E-state index is -0.546. The van der Waals surface area contributed by atoms with Gasteiger partial charge in [0.25, 0.3) is 0 Å². The molecule has 18 heavy (non-hydrogen) atoms. The highest BCUT2D eigenvalue weighted by Crippen LogP contribution is 2.26. The Labute approximate surface area is 104 Å². The third-order valence-electron chi connectivity index (χ3n) is 2.54. The Bertz CT molecular complexity index is 546.